The van der Waals surface area contributed by atoms with Gasteiger partial charge in [-0.05, 0) is 60.9 Å². The minimum absolute atomic E-state index is 0. The van der Waals surface area contributed by atoms with E-state index in [1.54, 1.807) is 4.90 Å². The molecule has 130 valence electrons. The Morgan fingerprint density at radius 3 is 2.60 bits per heavy atom. The fourth-order valence-corrected chi connectivity index (χ4v) is 3.30. The summed E-state index contributed by atoms with van der Waals surface area (Å²) in [7, 11) is 0. The first-order valence-electron chi connectivity index (χ1n) is 8.29. The van der Waals surface area contributed by atoms with Crippen LogP contribution in [0.25, 0.3) is 0 Å². The van der Waals surface area contributed by atoms with Crippen molar-refractivity contribution in [1.82, 2.24) is 0 Å². The quantitative estimate of drug-likeness (QED) is 0.884. The van der Waals surface area contributed by atoms with Crippen LogP contribution in [0.1, 0.15) is 28.8 Å². The maximum Gasteiger partial charge on any atom is 0.255 e. The van der Waals surface area contributed by atoms with Crippen molar-refractivity contribution in [3.05, 3.63) is 53.6 Å². The summed E-state index contributed by atoms with van der Waals surface area (Å²) in [5.41, 5.74) is 4.58. The number of anilines is 3. The number of fused-ring (bicyclic) bond motifs is 1. The second kappa shape index (κ2) is 7.15. The van der Waals surface area contributed by atoms with Gasteiger partial charge in [0.05, 0.1) is 0 Å². The second-order valence-electron chi connectivity index (χ2n) is 6.20. The lowest BCUT2D eigenvalue weighted by Gasteiger charge is -2.16. The highest BCUT2D eigenvalue weighted by molar-refractivity contribution is 6.05. The van der Waals surface area contributed by atoms with Crippen LogP contribution in [0.15, 0.2) is 42.5 Å². The molecule has 2 aromatic carbocycles. The lowest BCUT2D eigenvalue weighted by atomic mass is 10.1. The number of hydrogen-bond acceptors (Lipinski definition) is 3. The third-order valence-electron chi connectivity index (χ3n) is 4.59. The first kappa shape index (κ1) is 17.3. The Kier molecular flexibility index (Phi) is 4.95. The van der Waals surface area contributed by atoms with Gasteiger partial charge in [0, 0.05) is 42.1 Å². The van der Waals surface area contributed by atoms with E-state index < -0.39 is 0 Å². The van der Waals surface area contributed by atoms with Crippen molar-refractivity contribution in [2.75, 3.05) is 28.6 Å². The van der Waals surface area contributed by atoms with Crippen LogP contribution in [-0.4, -0.2) is 24.9 Å². The number of nitrogens with one attached hydrogen (secondary N) is 2. The number of nitrogens with zero attached hydrogens (tertiary/aromatic N) is 1. The van der Waals surface area contributed by atoms with Gasteiger partial charge in [-0.1, -0.05) is 0 Å². The van der Waals surface area contributed by atoms with E-state index in [-0.39, 0.29) is 24.2 Å². The molecule has 0 spiro atoms. The molecule has 2 aliphatic heterocycles. The minimum atomic E-state index is -0.116. The Labute approximate surface area is 152 Å². The molecule has 25 heavy (non-hydrogen) atoms. The molecule has 4 rings (SSSR count). The number of rotatable bonds is 3. The van der Waals surface area contributed by atoms with E-state index in [1.165, 1.54) is 5.56 Å². The van der Waals surface area contributed by atoms with Crippen LogP contribution >= 0.6 is 12.4 Å². The molecule has 0 radical (unpaired) electrons. The summed E-state index contributed by atoms with van der Waals surface area (Å²) in [5, 5.41) is 6.20. The van der Waals surface area contributed by atoms with Gasteiger partial charge < -0.3 is 15.5 Å². The zero-order valence-electron chi connectivity index (χ0n) is 13.7. The Hall–Kier alpha value is -2.53. The van der Waals surface area contributed by atoms with Gasteiger partial charge in [-0.2, -0.15) is 0 Å². The molecular formula is C19H20ClN3O2. The Morgan fingerprint density at radius 1 is 1.08 bits per heavy atom. The van der Waals surface area contributed by atoms with Crippen molar-refractivity contribution < 1.29 is 9.59 Å². The maximum atomic E-state index is 12.4. The van der Waals surface area contributed by atoms with E-state index in [0.717, 1.165) is 43.0 Å². The molecule has 2 aliphatic rings. The Morgan fingerprint density at radius 2 is 1.88 bits per heavy atom. The standard InChI is InChI=1S/C19H19N3O2.ClH/c23-18-2-1-11-22(18)16-6-4-15(5-7-16)21-19(24)14-3-8-17-13(12-14)9-10-20-17;/h3-8,12,20H,1-2,9-11H2,(H,21,24);1H. The highest BCUT2D eigenvalue weighted by Gasteiger charge is 2.21. The summed E-state index contributed by atoms with van der Waals surface area (Å²) in [6.07, 6.45) is 2.48. The van der Waals surface area contributed by atoms with Gasteiger partial charge in [0.2, 0.25) is 5.91 Å². The molecule has 5 nitrogen and oxygen atoms in total. The highest BCUT2D eigenvalue weighted by atomic mass is 35.5. The Balaban J connectivity index is 0.00000182. The molecule has 2 aromatic rings. The van der Waals surface area contributed by atoms with Gasteiger partial charge in [-0.25, -0.2) is 0 Å². The molecule has 0 aromatic heterocycles. The number of hydrogen-bond donors (Lipinski definition) is 2. The normalized spacial score (nSPS) is 15.4. The monoisotopic (exact) mass is 357 g/mol. The van der Waals surface area contributed by atoms with E-state index >= 15 is 0 Å². The average Bonchev–Trinajstić information content (AvgIpc) is 3.23. The molecule has 2 N–H and O–H groups in total. The predicted molar refractivity (Wildman–Crippen MR) is 102 cm³/mol. The highest BCUT2D eigenvalue weighted by Crippen LogP contribution is 2.25. The fraction of sp³-hybridized carbons (Fsp3) is 0.263. The summed E-state index contributed by atoms with van der Waals surface area (Å²) in [4.78, 5) is 26.0. The van der Waals surface area contributed by atoms with Crippen molar-refractivity contribution in [1.29, 1.82) is 0 Å². The third kappa shape index (κ3) is 3.46. The van der Waals surface area contributed by atoms with Crippen molar-refractivity contribution in [3.63, 3.8) is 0 Å². The zero-order chi connectivity index (χ0) is 16.5. The summed E-state index contributed by atoms with van der Waals surface area (Å²) in [6, 6.07) is 13.2. The molecular weight excluding hydrogens is 338 g/mol. The lowest BCUT2D eigenvalue weighted by molar-refractivity contribution is -0.117. The molecule has 0 aliphatic carbocycles. The molecule has 0 bridgehead atoms. The van der Waals surface area contributed by atoms with Crippen molar-refractivity contribution in [3.8, 4) is 0 Å². The van der Waals surface area contributed by atoms with Crippen LogP contribution in [0.4, 0.5) is 17.1 Å². The molecule has 1 fully saturated rings. The Bertz CT molecular complexity index is 805. The van der Waals surface area contributed by atoms with Crippen molar-refractivity contribution in [2.24, 2.45) is 0 Å². The van der Waals surface area contributed by atoms with Gasteiger partial charge >= 0.3 is 0 Å². The summed E-state index contributed by atoms with van der Waals surface area (Å²) in [6.45, 7) is 1.70. The van der Waals surface area contributed by atoms with Crippen LogP contribution in [0.3, 0.4) is 0 Å². The molecule has 0 saturated carbocycles. The maximum absolute atomic E-state index is 12.4. The molecule has 2 amide bonds. The summed E-state index contributed by atoms with van der Waals surface area (Å²) in [5.74, 6) is 0.0493. The zero-order valence-corrected chi connectivity index (χ0v) is 14.6. The summed E-state index contributed by atoms with van der Waals surface area (Å²) < 4.78 is 0. The number of amides is 2. The van der Waals surface area contributed by atoms with Crippen molar-refractivity contribution >= 4 is 41.3 Å². The van der Waals surface area contributed by atoms with Gasteiger partial charge in [0.15, 0.2) is 0 Å². The van der Waals surface area contributed by atoms with Crippen LogP contribution in [0.2, 0.25) is 0 Å². The van der Waals surface area contributed by atoms with Gasteiger partial charge in [-0.3, -0.25) is 9.59 Å². The second-order valence-corrected chi connectivity index (χ2v) is 6.20. The van der Waals surface area contributed by atoms with E-state index in [0.29, 0.717) is 12.0 Å². The van der Waals surface area contributed by atoms with Crippen LogP contribution in [-0.2, 0) is 11.2 Å². The SMILES string of the molecule is Cl.O=C(Nc1ccc(N2CCCC2=O)cc1)c1ccc2c(c1)CCN2. The third-order valence-corrected chi connectivity index (χ3v) is 4.59. The van der Waals surface area contributed by atoms with E-state index in [1.807, 2.05) is 42.5 Å². The van der Waals surface area contributed by atoms with E-state index in [4.69, 9.17) is 0 Å². The van der Waals surface area contributed by atoms with Gasteiger partial charge in [-0.15, -0.1) is 12.4 Å². The minimum Gasteiger partial charge on any atom is -0.384 e. The number of halogens is 1. The first-order chi connectivity index (χ1) is 11.7. The molecule has 6 heteroatoms. The van der Waals surface area contributed by atoms with Gasteiger partial charge in [0.1, 0.15) is 0 Å². The van der Waals surface area contributed by atoms with Crippen LogP contribution in [0.5, 0.6) is 0 Å². The molecule has 0 atom stereocenters. The lowest BCUT2D eigenvalue weighted by Crippen LogP contribution is -2.23. The molecule has 1 saturated heterocycles. The van der Waals surface area contributed by atoms with E-state index in [2.05, 4.69) is 10.6 Å². The first-order valence-corrected chi connectivity index (χ1v) is 8.29. The molecule has 2 heterocycles. The smallest absolute Gasteiger partial charge is 0.255 e. The summed E-state index contributed by atoms with van der Waals surface area (Å²) >= 11 is 0. The topological polar surface area (TPSA) is 61.4 Å². The van der Waals surface area contributed by atoms with E-state index in [9.17, 15) is 9.59 Å². The van der Waals surface area contributed by atoms with Crippen LogP contribution in [0, 0.1) is 0 Å². The van der Waals surface area contributed by atoms with Gasteiger partial charge in [0.25, 0.3) is 5.91 Å². The number of carbonyl (C=O) groups is 2. The largest absolute Gasteiger partial charge is 0.384 e. The predicted octanol–water partition coefficient (Wildman–Crippen LogP) is 3.46. The number of carbonyl (C=O) groups excluding carboxylic acids is 2. The van der Waals surface area contributed by atoms with Crippen molar-refractivity contribution in [2.45, 2.75) is 19.3 Å². The number of benzene rings is 2. The van der Waals surface area contributed by atoms with Crippen LogP contribution < -0.4 is 15.5 Å². The molecule has 0 unspecified atom stereocenters. The average molecular weight is 358 g/mol. The fourth-order valence-electron chi connectivity index (χ4n) is 3.30.